The van der Waals surface area contributed by atoms with Gasteiger partial charge < -0.3 is 4.90 Å². The Bertz CT molecular complexity index is 672. The molecule has 1 aromatic carbocycles. The van der Waals surface area contributed by atoms with E-state index in [1.54, 1.807) is 0 Å². The number of alkyl halides is 2. The lowest BCUT2D eigenvalue weighted by Crippen LogP contribution is -2.30. The van der Waals surface area contributed by atoms with Crippen LogP contribution in [0, 0.1) is 0 Å². The maximum atomic E-state index is 12.4. The average Bonchev–Trinajstić information content (AvgIpc) is 2.91. The van der Waals surface area contributed by atoms with Crippen molar-refractivity contribution in [1.29, 1.82) is 0 Å². The lowest BCUT2D eigenvalue weighted by Gasteiger charge is -2.15. The van der Waals surface area contributed by atoms with E-state index in [0.717, 1.165) is 10.5 Å². The zero-order valence-electron chi connectivity index (χ0n) is 11.0. The van der Waals surface area contributed by atoms with Crippen molar-refractivity contribution in [2.24, 2.45) is 0 Å². The van der Waals surface area contributed by atoms with Crippen molar-refractivity contribution in [2.45, 2.75) is 19.5 Å². The third-order valence-electron chi connectivity index (χ3n) is 3.35. The van der Waals surface area contributed by atoms with Crippen LogP contribution in [0.1, 0.15) is 21.6 Å². The minimum Gasteiger partial charge on any atom is -0.327 e. The molecule has 0 aliphatic carbocycles. The van der Waals surface area contributed by atoms with Crippen molar-refractivity contribution in [3.05, 3.63) is 52.3 Å². The topological polar surface area (TPSA) is 38.1 Å². The van der Waals surface area contributed by atoms with E-state index in [0.29, 0.717) is 17.3 Å². The number of carbonyl (C=O) groups is 1. The van der Waals surface area contributed by atoms with E-state index in [9.17, 15) is 13.6 Å². The summed E-state index contributed by atoms with van der Waals surface area (Å²) in [6.07, 6.45) is -2.56. The first-order chi connectivity index (χ1) is 10.1. The number of hydrogen-bond donors (Lipinski definition) is 0. The van der Waals surface area contributed by atoms with Gasteiger partial charge in [0.15, 0.2) is 5.69 Å². The number of amides is 1. The molecule has 1 aromatic heterocycles. The molecule has 0 saturated carbocycles. The molecule has 2 aromatic rings. The summed E-state index contributed by atoms with van der Waals surface area (Å²) in [5.41, 5.74) is 1.70. The van der Waals surface area contributed by atoms with Gasteiger partial charge in [0.25, 0.3) is 12.3 Å². The van der Waals surface area contributed by atoms with E-state index in [2.05, 4.69) is 5.10 Å². The van der Waals surface area contributed by atoms with Crippen LogP contribution in [0.3, 0.4) is 0 Å². The van der Waals surface area contributed by atoms with E-state index in [1.165, 1.54) is 4.68 Å². The Balaban J connectivity index is 1.84. The van der Waals surface area contributed by atoms with E-state index < -0.39 is 18.9 Å². The number of fused-ring (bicyclic) bond motifs is 1. The van der Waals surface area contributed by atoms with Crippen molar-refractivity contribution in [2.75, 3.05) is 6.54 Å². The van der Waals surface area contributed by atoms with Crippen molar-refractivity contribution in [1.82, 2.24) is 14.7 Å². The predicted octanol–water partition coefficient (Wildman–Crippen LogP) is 2.81. The second kappa shape index (κ2) is 5.44. The second-order valence-corrected chi connectivity index (χ2v) is 5.20. The van der Waals surface area contributed by atoms with Crippen LogP contribution in [0.25, 0.3) is 0 Å². The molecule has 0 N–H and O–H groups in total. The van der Waals surface area contributed by atoms with Crippen LogP contribution in [-0.4, -0.2) is 33.6 Å². The Morgan fingerprint density at radius 3 is 2.62 bits per heavy atom. The number of hydrogen-bond acceptors (Lipinski definition) is 2. The highest BCUT2D eigenvalue weighted by atomic mass is 35.5. The van der Waals surface area contributed by atoms with Crippen LogP contribution in [0.4, 0.5) is 8.78 Å². The first kappa shape index (κ1) is 14.0. The number of halogens is 3. The summed E-state index contributed by atoms with van der Waals surface area (Å²) in [5.74, 6) is -0.487. The zero-order chi connectivity index (χ0) is 15.0. The summed E-state index contributed by atoms with van der Waals surface area (Å²) in [7, 11) is 0. The minimum atomic E-state index is -2.56. The predicted molar refractivity (Wildman–Crippen MR) is 73.5 cm³/mol. The molecule has 110 valence electrons. The zero-order valence-corrected chi connectivity index (χ0v) is 11.7. The van der Waals surface area contributed by atoms with E-state index >= 15 is 0 Å². The van der Waals surface area contributed by atoms with Crippen LogP contribution in [0.5, 0.6) is 0 Å². The standard InChI is InChI=1S/C14H12ClF2N3O/c15-13-10-7-19(8-11(16)17)14(21)12(10)18-20(13)6-9-4-2-1-3-5-9/h1-5,11H,6-8H2. The quantitative estimate of drug-likeness (QED) is 0.871. The number of nitrogens with zero attached hydrogens (tertiary/aromatic N) is 3. The van der Waals surface area contributed by atoms with Crippen LogP contribution < -0.4 is 0 Å². The molecule has 0 fully saturated rings. The fourth-order valence-corrected chi connectivity index (χ4v) is 2.62. The van der Waals surface area contributed by atoms with Crippen molar-refractivity contribution in [3.63, 3.8) is 0 Å². The molecular weight excluding hydrogens is 300 g/mol. The SMILES string of the molecule is O=C1c2nn(Cc3ccccc3)c(Cl)c2CN1CC(F)F. The van der Waals surface area contributed by atoms with Crippen molar-refractivity contribution >= 4 is 17.5 Å². The summed E-state index contributed by atoms with van der Waals surface area (Å²) in [5, 5.41) is 4.51. The Morgan fingerprint density at radius 2 is 2.00 bits per heavy atom. The van der Waals surface area contributed by atoms with E-state index in [1.807, 2.05) is 30.3 Å². The van der Waals surface area contributed by atoms with Gasteiger partial charge >= 0.3 is 0 Å². The summed E-state index contributed by atoms with van der Waals surface area (Å²) in [4.78, 5) is 13.1. The Kier molecular flexibility index (Phi) is 3.63. The van der Waals surface area contributed by atoms with Crippen LogP contribution in [0.15, 0.2) is 30.3 Å². The maximum Gasteiger partial charge on any atom is 0.275 e. The van der Waals surface area contributed by atoms with Gasteiger partial charge in [-0.05, 0) is 5.56 Å². The molecule has 0 radical (unpaired) electrons. The number of aromatic nitrogens is 2. The average molecular weight is 312 g/mol. The fourth-order valence-electron chi connectivity index (χ4n) is 2.38. The Morgan fingerprint density at radius 1 is 1.29 bits per heavy atom. The lowest BCUT2D eigenvalue weighted by molar-refractivity contribution is 0.0571. The van der Waals surface area contributed by atoms with Gasteiger partial charge in [0.2, 0.25) is 0 Å². The third kappa shape index (κ3) is 2.63. The van der Waals surface area contributed by atoms with Gasteiger partial charge in [-0.1, -0.05) is 41.9 Å². The number of carbonyl (C=O) groups excluding carboxylic acids is 1. The van der Waals surface area contributed by atoms with Gasteiger partial charge in [0.1, 0.15) is 5.15 Å². The molecule has 0 bridgehead atoms. The monoisotopic (exact) mass is 311 g/mol. The molecule has 7 heteroatoms. The highest BCUT2D eigenvalue weighted by Crippen LogP contribution is 2.29. The van der Waals surface area contributed by atoms with E-state index in [4.69, 9.17) is 11.6 Å². The number of rotatable bonds is 4. The highest BCUT2D eigenvalue weighted by Gasteiger charge is 2.35. The molecular formula is C14H12ClF2N3O. The van der Waals surface area contributed by atoms with Crippen molar-refractivity contribution in [3.8, 4) is 0 Å². The van der Waals surface area contributed by atoms with Crippen molar-refractivity contribution < 1.29 is 13.6 Å². The van der Waals surface area contributed by atoms with Gasteiger partial charge in [0.05, 0.1) is 19.6 Å². The van der Waals surface area contributed by atoms with Gasteiger partial charge in [0, 0.05) is 5.56 Å². The Labute approximate surface area is 124 Å². The summed E-state index contributed by atoms with van der Waals surface area (Å²) in [6, 6.07) is 9.55. The molecule has 0 atom stereocenters. The molecule has 3 rings (SSSR count). The summed E-state index contributed by atoms with van der Waals surface area (Å²) < 4.78 is 26.3. The molecule has 0 saturated heterocycles. The smallest absolute Gasteiger partial charge is 0.275 e. The molecule has 4 nitrogen and oxygen atoms in total. The van der Waals surface area contributed by atoms with Crippen LogP contribution in [0.2, 0.25) is 5.15 Å². The highest BCUT2D eigenvalue weighted by molar-refractivity contribution is 6.31. The third-order valence-corrected chi connectivity index (χ3v) is 3.78. The van der Waals surface area contributed by atoms with Gasteiger partial charge in [-0.2, -0.15) is 5.10 Å². The largest absolute Gasteiger partial charge is 0.327 e. The van der Waals surface area contributed by atoms with Crippen LogP contribution >= 0.6 is 11.6 Å². The minimum absolute atomic E-state index is 0.0894. The first-order valence-corrected chi connectivity index (χ1v) is 6.80. The molecule has 1 aliphatic heterocycles. The molecule has 1 aliphatic rings. The molecule has 0 spiro atoms. The fraction of sp³-hybridized carbons (Fsp3) is 0.286. The Hall–Kier alpha value is -1.95. The summed E-state index contributed by atoms with van der Waals surface area (Å²) in [6.45, 7) is -0.0643. The van der Waals surface area contributed by atoms with Gasteiger partial charge in [-0.25, -0.2) is 13.5 Å². The number of benzene rings is 1. The molecule has 2 heterocycles. The van der Waals surface area contributed by atoms with E-state index in [-0.39, 0.29) is 12.2 Å². The molecule has 21 heavy (non-hydrogen) atoms. The summed E-state index contributed by atoms with van der Waals surface area (Å²) >= 11 is 6.22. The normalized spacial score (nSPS) is 14.1. The first-order valence-electron chi connectivity index (χ1n) is 6.43. The van der Waals surface area contributed by atoms with Gasteiger partial charge in [-0.3, -0.25) is 4.79 Å². The second-order valence-electron chi connectivity index (χ2n) is 4.84. The molecule has 1 amide bonds. The van der Waals surface area contributed by atoms with Crippen LogP contribution in [-0.2, 0) is 13.1 Å². The maximum absolute atomic E-state index is 12.4. The van der Waals surface area contributed by atoms with Gasteiger partial charge in [-0.15, -0.1) is 0 Å². The lowest BCUT2D eigenvalue weighted by atomic mass is 10.2. The molecule has 0 unspecified atom stereocenters.